The molecule has 0 aliphatic rings. The number of hydrogen-bond acceptors (Lipinski definition) is 2. The van der Waals surface area contributed by atoms with E-state index in [0.717, 1.165) is 6.42 Å². The fourth-order valence-electron chi connectivity index (χ4n) is 1.47. The van der Waals surface area contributed by atoms with Crippen LogP contribution in [-0.4, -0.2) is 17.7 Å². The first-order valence-corrected chi connectivity index (χ1v) is 5.23. The highest BCUT2D eigenvalue weighted by atomic mass is 31.0. The summed E-state index contributed by atoms with van der Waals surface area (Å²) < 4.78 is 4.99. The van der Waals surface area contributed by atoms with Crippen molar-refractivity contribution >= 4 is 15.2 Å². The first-order chi connectivity index (χ1) is 5.69. The number of hydrogen-bond donors (Lipinski definition) is 0. The van der Waals surface area contributed by atoms with Crippen LogP contribution in [0.5, 0.6) is 0 Å². The Morgan fingerprint density at radius 1 is 1.31 bits per heavy atom. The Morgan fingerprint density at radius 2 is 1.77 bits per heavy atom. The lowest BCUT2D eigenvalue weighted by Gasteiger charge is -2.29. The second-order valence-corrected chi connectivity index (χ2v) is 6.15. The maximum atomic E-state index is 11.5. The van der Waals surface area contributed by atoms with E-state index in [1.807, 2.05) is 13.8 Å². The first kappa shape index (κ1) is 12.9. The molecule has 78 valence electrons. The molecule has 0 heterocycles. The molecule has 0 fully saturated rings. The van der Waals surface area contributed by atoms with Gasteiger partial charge in [-0.25, -0.2) is 0 Å². The summed E-state index contributed by atoms with van der Waals surface area (Å²) in [6.45, 7) is 10.5. The van der Waals surface area contributed by atoms with Crippen molar-refractivity contribution in [3.8, 4) is 0 Å². The molecular weight excluding hydrogens is 183 g/mol. The Balaban J connectivity index is 4.30. The summed E-state index contributed by atoms with van der Waals surface area (Å²) in [6, 6.07) is 0. The van der Waals surface area contributed by atoms with Crippen molar-refractivity contribution in [2.24, 2.45) is 5.41 Å². The first-order valence-electron chi connectivity index (χ1n) is 4.65. The fourth-order valence-corrected chi connectivity index (χ4v) is 2.17. The van der Waals surface area contributed by atoms with Gasteiger partial charge in [-0.2, -0.15) is 0 Å². The summed E-state index contributed by atoms with van der Waals surface area (Å²) in [4.78, 5) is 11.5. The molecule has 3 heteroatoms. The Morgan fingerprint density at radius 3 is 2.08 bits per heavy atom. The van der Waals surface area contributed by atoms with Gasteiger partial charge < -0.3 is 4.74 Å². The standard InChI is InChI=1S/C10H21O2P/c1-6-12-8(11)10(5,13)7-9(2,3)4/h6-7,13H2,1-5H3. The van der Waals surface area contributed by atoms with Crippen LogP contribution >= 0.6 is 9.24 Å². The van der Waals surface area contributed by atoms with Crippen LogP contribution in [0.25, 0.3) is 0 Å². The molecule has 0 aliphatic heterocycles. The highest BCUT2D eigenvalue weighted by Gasteiger charge is 2.33. The lowest BCUT2D eigenvalue weighted by Crippen LogP contribution is -2.34. The van der Waals surface area contributed by atoms with Gasteiger partial charge in [0.1, 0.15) is 0 Å². The smallest absolute Gasteiger partial charge is 0.315 e. The quantitative estimate of drug-likeness (QED) is 0.521. The van der Waals surface area contributed by atoms with Gasteiger partial charge in [0.15, 0.2) is 0 Å². The Labute approximate surface area is 83.6 Å². The predicted molar refractivity (Wildman–Crippen MR) is 58.8 cm³/mol. The van der Waals surface area contributed by atoms with Crippen molar-refractivity contribution in [3.63, 3.8) is 0 Å². The molecule has 0 aromatic rings. The van der Waals surface area contributed by atoms with Gasteiger partial charge in [-0.15, -0.1) is 9.24 Å². The van der Waals surface area contributed by atoms with Gasteiger partial charge in [0.25, 0.3) is 0 Å². The van der Waals surface area contributed by atoms with E-state index in [1.165, 1.54) is 0 Å². The van der Waals surface area contributed by atoms with Crippen molar-refractivity contribution < 1.29 is 9.53 Å². The topological polar surface area (TPSA) is 26.3 Å². The van der Waals surface area contributed by atoms with Gasteiger partial charge in [0, 0.05) is 0 Å². The molecule has 0 saturated carbocycles. The van der Waals surface area contributed by atoms with Crippen molar-refractivity contribution in [1.29, 1.82) is 0 Å². The van der Waals surface area contributed by atoms with Gasteiger partial charge in [0.05, 0.1) is 11.8 Å². The third kappa shape index (κ3) is 5.25. The number of esters is 1. The maximum Gasteiger partial charge on any atom is 0.315 e. The van der Waals surface area contributed by atoms with Crippen LogP contribution in [0.2, 0.25) is 0 Å². The summed E-state index contributed by atoms with van der Waals surface area (Å²) in [5.41, 5.74) is 0.142. The maximum absolute atomic E-state index is 11.5. The average molecular weight is 204 g/mol. The summed E-state index contributed by atoms with van der Waals surface area (Å²) in [5, 5.41) is -0.450. The SMILES string of the molecule is CCOC(=O)C(C)(P)CC(C)(C)C. The van der Waals surface area contributed by atoms with Gasteiger partial charge in [-0.3, -0.25) is 4.79 Å². The van der Waals surface area contributed by atoms with Crippen LogP contribution in [-0.2, 0) is 9.53 Å². The zero-order valence-corrected chi connectivity index (χ0v) is 10.5. The van der Waals surface area contributed by atoms with E-state index in [9.17, 15) is 4.79 Å². The molecule has 2 unspecified atom stereocenters. The molecule has 0 aromatic heterocycles. The van der Waals surface area contributed by atoms with E-state index >= 15 is 0 Å². The Kier molecular flexibility index (Phi) is 4.38. The van der Waals surface area contributed by atoms with Crippen LogP contribution in [0.4, 0.5) is 0 Å². The van der Waals surface area contributed by atoms with Gasteiger partial charge in [0.2, 0.25) is 0 Å². The van der Waals surface area contributed by atoms with Crippen LogP contribution in [0.3, 0.4) is 0 Å². The molecule has 0 aromatic carbocycles. The summed E-state index contributed by atoms with van der Waals surface area (Å²) in [5.74, 6) is -0.130. The lowest BCUT2D eigenvalue weighted by molar-refractivity contribution is -0.146. The monoisotopic (exact) mass is 204 g/mol. The fraction of sp³-hybridized carbons (Fsp3) is 0.900. The number of rotatable bonds is 3. The molecule has 0 spiro atoms. The molecule has 0 aliphatic carbocycles. The zero-order chi connectivity index (χ0) is 10.7. The molecule has 0 radical (unpaired) electrons. The second kappa shape index (κ2) is 4.41. The molecule has 0 rings (SSSR count). The summed E-state index contributed by atoms with van der Waals surface area (Å²) in [7, 11) is 2.59. The van der Waals surface area contributed by atoms with E-state index in [2.05, 4.69) is 30.0 Å². The highest BCUT2D eigenvalue weighted by Crippen LogP contribution is 2.34. The number of carbonyl (C=O) groups excluding carboxylic acids is 1. The normalized spacial score (nSPS) is 16.5. The van der Waals surface area contributed by atoms with Gasteiger partial charge in [-0.05, 0) is 25.7 Å². The third-order valence-corrected chi connectivity index (χ3v) is 2.08. The third-order valence-electron chi connectivity index (χ3n) is 1.64. The largest absolute Gasteiger partial charge is 0.465 e. The molecule has 2 nitrogen and oxygen atoms in total. The van der Waals surface area contributed by atoms with Crippen LogP contribution in [0.15, 0.2) is 0 Å². The number of ether oxygens (including phenoxy) is 1. The van der Waals surface area contributed by atoms with Crippen LogP contribution in [0.1, 0.15) is 41.0 Å². The minimum absolute atomic E-state index is 0.130. The van der Waals surface area contributed by atoms with Gasteiger partial charge >= 0.3 is 5.97 Å². The molecule has 0 bridgehead atoms. The Bertz CT molecular complexity index is 180. The van der Waals surface area contributed by atoms with Gasteiger partial charge in [-0.1, -0.05) is 20.8 Å². The van der Waals surface area contributed by atoms with E-state index < -0.39 is 5.16 Å². The Hall–Kier alpha value is -0.100. The second-order valence-electron chi connectivity index (χ2n) is 4.88. The van der Waals surface area contributed by atoms with Crippen LogP contribution in [0, 0.1) is 5.41 Å². The lowest BCUT2D eigenvalue weighted by atomic mass is 9.85. The molecule has 0 amide bonds. The predicted octanol–water partition coefficient (Wildman–Crippen LogP) is 2.62. The van der Waals surface area contributed by atoms with E-state index in [0.29, 0.717) is 6.61 Å². The van der Waals surface area contributed by atoms with Crippen LogP contribution < -0.4 is 0 Å². The van der Waals surface area contributed by atoms with Crippen molar-refractivity contribution in [1.82, 2.24) is 0 Å². The average Bonchev–Trinajstić information content (AvgIpc) is 1.82. The minimum Gasteiger partial charge on any atom is -0.465 e. The molecule has 13 heavy (non-hydrogen) atoms. The van der Waals surface area contributed by atoms with Crippen molar-refractivity contribution in [2.75, 3.05) is 6.61 Å². The molecular formula is C10H21O2P. The minimum atomic E-state index is -0.450. The van der Waals surface area contributed by atoms with Crippen molar-refractivity contribution in [3.05, 3.63) is 0 Å². The molecule has 0 N–H and O–H groups in total. The zero-order valence-electron chi connectivity index (χ0n) is 9.31. The molecule has 2 atom stereocenters. The summed E-state index contributed by atoms with van der Waals surface area (Å²) in [6.07, 6.45) is 0.809. The summed E-state index contributed by atoms with van der Waals surface area (Å²) >= 11 is 0. The molecule has 0 saturated heterocycles. The van der Waals surface area contributed by atoms with E-state index in [4.69, 9.17) is 4.74 Å². The van der Waals surface area contributed by atoms with E-state index in [-0.39, 0.29) is 11.4 Å². The van der Waals surface area contributed by atoms with Crippen molar-refractivity contribution in [2.45, 2.75) is 46.2 Å². The highest BCUT2D eigenvalue weighted by molar-refractivity contribution is 7.20. The van der Waals surface area contributed by atoms with E-state index in [1.54, 1.807) is 0 Å². The number of carbonyl (C=O) groups is 1.